The van der Waals surface area contributed by atoms with Gasteiger partial charge in [-0.05, 0) is 36.8 Å². The number of β-amino-alcohol motifs (C(OH)–C–C–N with tert-alkyl or cyclic N) is 1. The summed E-state index contributed by atoms with van der Waals surface area (Å²) in [5.74, 6) is 2.55. The number of rotatable bonds is 3. The number of nitrogens with zero attached hydrogens (tertiary/aromatic N) is 8. The van der Waals surface area contributed by atoms with Crippen molar-refractivity contribution in [2.45, 2.75) is 25.4 Å². The molecule has 0 aromatic carbocycles. The second-order valence-corrected chi connectivity index (χ2v) is 8.43. The average molecular weight is 406 g/mol. The maximum Gasteiger partial charge on any atom is 0.160 e. The highest BCUT2D eigenvalue weighted by molar-refractivity contribution is 5.52. The van der Waals surface area contributed by atoms with E-state index in [9.17, 15) is 5.11 Å². The minimum absolute atomic E-state index is 0.0893. The van der Waals surface area contributed by atoms with Crippen LogP contribution in [0.15, 0.2) is 43.1 Å². The predicted molar refractivity (Wildman–Crippen MR) is 113 cm³/mol. The number of aliphatic hydroxyl groups is 1. The molecule has 0 radical (unpaired) electrons. The lowest BCUT2D eigenvalue weighted by molar-refractivity contribution is 0.0594. The molecule has 2 fully saturated rings. The summed E-state index contributed by atoms with van der Waals surface area (Å²) in [5, 5.41) is 19.4. The van der Waals surface area contributed by atoms with Gasteiger partial charge in [0.2, 0.25) is 0 Å². The van der Waals surface area contributed by atoms with E-state index in [0.29, 0.717) is 6.54 Å². The van der Waals surface area contributed by atoms with Crippen LogP contribution >= 0.6 is 0 Å². The standard InChI is InChI=1S/C21H26N8O/c1-27-11-8-24-20(27)17-2-3-18(26-25-17)28-9-4-21(5-10-28)12-16(30)14-29(15-21)19-13-22-6-7-23-19/h2-3,6-8,11,13,16,30H,4-5,9-10,12,14-15H2,1H3. The summed E-state index contributed by atoms with van der Waals surface area (Å²) in [7, 11) is 1.95. The summed E-state index contributed by atoms with van der Waals surface area (Å²) in [6.45, 7) is 3.32. The van der Waals surface area contributed by atoms with Crippen molar-refractivity contribution in [1.29, 1.82) is 0 Å². The average Bonchev–Trinajstić information content (AvgIpc) is 3.20. The van der Waals surface area contributed by atoms with Crippen LogP contribution in [0, 0.1) is 5.41 Å². The first-order valence-corrected chi connectivity index (χ1v) is 10.4. The molecular formula is C21H26N8O. The van der Waals surface area contributed by atoms with E-state index in [1.165, 1.54) is 0 Å². The van der Waals surface area contributed by atoms with Gasteiger partial charge in [-0.15, -0.1) is 10.2 Å². The van der Waals surface area contributed by atoms with Gasteiger partial charge in [0, 0.05) is 58.0 Å². The highest BCUT2D eigenvalue weighted by atomic mass is 16.3. The number of anilines is 2. The number of aromatic nitrogens is 6. The van der Waals surface area contributed by atoms with Crippen molar-refractivity contribution in [1.82, 2.24) is 29.7 Å². The second-order valence-electron chi connectivity index (χ2n) is 8.43. The second kappa shape index (κ2) is 7.64. The zero-order valence-corrected chi connectivity index (χ0v) is 17.1. The largest absolute Gasteiger partial charge is 0.391 e. The Morgan fingerprint density at radius 1 is 1.00 bits per heavy atom. The molecule has 30 heavy (non-hydrogen) atoms. The fourth-order valence-electron chi connectivity index (χ4n) is 4.78. The molecule has 156 valence electrons. The van der Waals surface area contributed by atoms with Crippen LogP contribution < -0.4 is 9.80 Å². The zero-order valence-electron chi connectivity index (χ0n) is 17.1. The van der Waals surface area contributed by atoms with Crippen LogP contribution in [0.25, 0.3) is 11.5 Å². The number of hydrogen-bond donors (Lipinski definition) is 1. The smallest absolute Gasteiger partial charge is 0.160 e. The number of piperidine rings is 2. The van der Waals surface area contributed by atoms with E-state index >= 15 is 0 Å². The zero-order chi connectivity index (χ0) is 20.6. The maximum atomic E-state index is 10.6. The number of hydrogen-bond acceptors (Lipinski definition) is 8. The molecular weight excluding hydrogens is 380 g/mol. The number of aryl methyl sites for hydroxylation is 1. The van der Waals surface area contributed by atoms with Crippen LogP contribution in [-0.2, 0) is 7.05 Å². The first kappa shape index (κ1) is 18.9. The van der Waals surface area contributed by atoms with Crippen LogP contribution in [0.4, 0.5) is 11.6 Å². The fraction of sp³-hybridized carbons (Fsp3) is 0.476. The maximum absolute atomic E-state index is 10.6. The lowest BCUT2D eigenvalue weighted by Crippen LogP contribution is -2.54. The molecule has 2 aliphatic rings. The summed E-state index contributed by atoms with van der Waals surface area (Å²) in [5.41, 5.74) is 0.862. The molecule has 2 aliphatic heterocycles. The third-order valence-corrected chi connectivity index (χ3v) is 6.35. The molecule has 1 unspecified atom stereocenters. The summed E-state index contributed by atoms with van der Waals surface area (Å²) in [6.07, 6.45) is 11.3. The lowest BCUT2D eigenvalue weighted by atomic mass is 9.71. The van der Waals surface area contributed by atoms with Gasteiger partial charge in [-0.1, -0.05) is 0 Å². The third-order valence-electron chi connectivity index (χ3n) is 6.35. The molecule has 0 bridgehead atoms. The van der Waals surface area contributed by atoms with Gasteiger partial charge < -0.3 is 19.5 Å². The Morgan fingerprint density at radius 3 is 2.53 bits per heavy atom. The molecule has 5 rings (SSSR count). The molecule has 3 aromatic rings. The highest BCUT2D eigenvalue weighted by Crippen LogP contribution is 2.41. The lowest BCUT2D eigenvalue weighted by Gasteiger charge is -2.49. The van der Waals surface area contributed by atoms with Gasteiger partial charge in [-0.2, -0.15) is 0 Å². The summed E-state index contributed by atoms with van der Waals surface area (Å²) in [6, 6.07) is 4.01. The third kappa shape index (κ3) is 3.60. The van der Waals surface area contributed by atoms with Crippen molar-refractivity contribution >= 4 is 11.6 Å². The quantitative estimate of drug-likeness (QED) is 0.700. The first-order valence-electron chi connectivity index (χ1n) is 10.4. The minimum atomic E-state index is -0.343. The molecule has 0 saturated carbocycles. The van der Waals surface area contributed by atoms with Crippen LogP contribution in [0.3, 0.4) is 0 Å². The Kier molecular flexibility index (Phi) is 4.82. The van der Waals surface area contributed by atoms with Gasteiger partial charge in [0.15, 0.2) is 11.6 Å². The number of imidazole rings is 1. The molecule has 2 saturated heterocycles. The molecule has 1 spiro atoms. The van der Waals surface area contributed by atoms with Gasteiger partial charge in [-0.3, -0.25) is 4.98 Å². The Morgan fingerprint density at radius 2 is 1.87 bits per heavy atom. The summed E-state index contributed by atoms with van der Waals surface area (Å²) < 4.78 is 1.94. The highest BCUT2D eigenvalue weighted by Gasteiger charge is 2.42. The monoisotopic (exact) mass is 406 g/mol. The van der Waals surface area contributed by atoms with E-state index in [4.69, 9.17) is 0 Å². The molecule has 3 aromatic heterocycles. The van der Waals surface area contributed by atoms with E-state index in [1.807, 2.05) is 29.9 Å². The first-order chi connectivity index (χ1) is 14.6. The van der Waals surface area contributed by atoms with Gasteiger partial charge >= 0.3 is 0 Å². The summed E-state index contributed by atoms with van der Waals surface area (Å²) >= 11 is 0. The van der Waals surface area contributed by atoms with Gasteiger partial charge in [0.25, 0.3) is 0 Å². The van der Waals surface area contributed by atoms with Crippen molar-refractivity contribution in [3.63, 3.8) is 0 Å². The van der Waals surface area contributed by atoms with E-state index in [0.717, 1.165) is 62.1 Å². The Balaban J connectivity index is 1.27. The molecule has 1 atom stereocenters. The molecule has 1 N–H and O–H groups in total. The predicted octanol–water partition coefficient (Wildman–Crippen LogP) is 1.52. The van der Waals surface area contributed by atoms with Crippen LogP contribution in [-0.4, -0.2) is 67.1 Å². The van der Waals surface area contributed by atoms with Crippen molar-refractivity contribution in [3.05, 3.63) is 43.1 Å². The van der Waals surface area contributed by atoms with E-state index in [-0.39, 0.29) is 11.5 Å². The Bertz CT molecular complexity index is 982. The van der Waals surface area contributed by atoms with Crippen molar-refractivity contribution < 1.29 is 5.11 Å². The van der Waals surface area contributed by atoms with Gasteiger partial charge in [0.1, 0.15) is 11.5 Å². The summed E-state index contributed by atoms with van der Waals surface area (Å²) in [4.78, 5) is 17.4. The minimum Gasteiger partial charge on any atom is -0.391 e. The topological polar surface area (TPSA) is 96.1 Å². The van der Waals surface area contributed by atoms with E-state index < -0.39 is 0 Å². The van der Waals surface area contributed by atoms with Gasteiger partial charge in [-0.25, -0.2) is 9.97 Å². The van der Waals surface area contributed by atoms with Gasteiger partial charge in [0.05, 0.1) is 12.3 Å². The van der Waals surface area contributed by atoms with E-state index in [2.05, 4.69) is 34.9 Å². The normalized spacial score (nSPS) is 21.2. The van der Waals surface area contributed by atoms with Crippen LogP contribution in [0.5, 0.6) is 0 Å². The van der Waals surface area contributed by atoms with E-state index in [1.54, 1.807) is 24.8 Å². The van der Waals surface area contributed by atoms with Crippen LogP contribution in [0.1, 0.15) is 19.3 Å². The Labute approximate surface area is 175 Å². The van der Waals surface area contributed by atoms with Crippen molar-refractivity contribution in [2.24, 2.45) is 12.5 Å². The SMILES string of the molecule is Cn1ccnc1-c1ccc(N2CCC3(CC2)CC(O)CN(c2cnccn2)C3)nn1. The molecule has 9 heteroatoms. The Hall–Kier alpha value is -3.07. The van der Waals surface area contributed by atoms with Crippen molar-refractivity contribution in [2.75, 3.05) is 36.0 Å². The molecule has 0 amide bonds. The molecule has 9 nitrogen and oxygen atoms in total. The van der Waals surface area contributed by atoms with Crippen molar-refractivity contribution in [3.8, 4) is 11.5 Å². The molecule has 0 aliphatic carbocycles. The molecule has 5 heterocycles. The fourth-order valence-corrected chi connectivity index (χ4v) is 4.78. The number of aliphatic hydroxyl groups excluding tert-OH is 1. The van der Waals surface area contributed by atoms with Crippen LogP contribution in [0.2, 0.25) is 0 Å².